The van der Waals surface area contributed by atoms with Crippen LogP contribution in [0.15, 0.2) is 47.3 Å². The number of nitriles is 1. The third kappa shape index (κ3) is 5.25. The quantitative estimate of drug-likeness (QED) is 0.182. The highest BCUT2D eigenvalue weighted by molar-refractivity contribution is 7.75. The number of rotatable bonds is 7. The molecular formula is C31H25N3O7S3. The number of hydrogen-bond acceptors (Lipinski definition) is 12. The van der Waals surface area contributed by atoms with Crippen LogP contribution in [0.25, 0.3) is 22.1 Å². The second-order valence-electron chi connectivity index (χ2n) is 9.77. The fourth-order valence-corrected chi connectivity index (χ4v) is 7.80. The summed E-state index contributed by atoms with van der Waals surface area (Å²) in [6.07, 6.45) is 3.44. The smallest absolute Gasteiger partial charge is 0.363 e. The van der Waals surface area contributed by atoms with Crippen LogP contribution in [0, 0.1) is 11.3 Å². The molecule has 2 aliphatic heterocycles. The molecule has 0 saturated heterocycles. The number of carbonyl (C=O) groups is 2. The number of thiazole rings is 1. The van der Waals surface area contributed by atoms with Crippen molar-refractivity contribution in [3.63, 3.8) is 0 Å². The minimum atomic E-state index is -1.04. The largest absolute Gasteiger partial charge is 0.485 e. The minimum Gasteiger partial charge on any atom is -0.485 e. The molecule has 13 heteroatoms. The van der Waals surface area contributed by atoms with Crippen LogP contribution < -0.4 is 29.1 Å². The Kier molecular flexibility index (Phi) is 8.47. The molecule has 4 aromatic rings. The number of ether oxygens (including phenoxy) is 3. The van der Waals surface area contributed by atoms with Crippen molar-refractivity contribution in [3.8, 4) is 28.0 Å². The zero-order valence-corrected chi connectivity index (χ0v) is 25.9. The van der Waals surface area contributed by atoms with Gasteiger partial charge in [0.15, 0.2) is 23.8 Å². The van der Waals surface area contributed by atoms with E-state index in [1.807, 2.05) is 0 Å². The summed E-state index contributed by atoms with van der Waals surface area (Å²) in [6, 6.07) is 16.7. The molecule has 0 bridgehead atoms. The highest BCUT2D eigenvalue weighted by atomic mass is 32.1. The van der Waals surface area contributed by atoms with E-state index in [1.54, 1.807) is 12.1 Å². The fraction of sp³-hybridized carbons (Fsp3) is 0.226. The van der Waals surface area contributed by atoms with Crippen molar-refractivity contribution in [2.45, 2.75) is 26.5 Å². The number of anilines is 2. The number of thiol groups is 1. The molecule has 10 nitrogen and oxygen atoms in total. The molecule has 2 aromatic heterocycles. The van der Waals surface area contributed by atoms with Crippen LogP contribution >= 0.6 is 35.6 Å². The van der Waals surface area contributed by atoms with Gasteiger partial charge in [-0.1, -0.05) is 24.3 Å². The Morgan fingerprint density at radius 1 is 1.09 bits per heavy atom. The van der Waals surface area contributed by atoms with Crippen molar-refractivity contribution in [2.24, 2.45) is 0 Å². The Labute approximate surface area is 265 Å². The number of thiophene rings is 1. The van der Waals surface area contributed by atoms with Crippen LogP contribution in [-0.2, 0) is 38.1 Å². The van der Waals surface area contributed by atoms with Gasteiger partial charge >= 0.3 is 5.97 Å². The van der Waals surface area contributed by atoms with Gasteiger partial charge in [-0.3, -0.25) is 14.2 Å². The van der Waals surface area contributed by atoms with Gasteiger partial charge in [0.2, 0.25) is 0 Å². The van der Waals surface area contributed by atoms with E-state index >= 15 is 0 Å². The van der Waals surface area contributed by atoms with Crippen molar-refractivity contribution >= 4 is 71.0 Å². The number of fused-ring (bicyclic) bond motifs is 3. The lowest BCUT2D eigenvalue weighted by Crippen LogP contribution is -2.33. The van der Waals surface area contributed by atoms with Gasteiger partial charge in [0.05, 0.1) is 14.3 Å². The monoisotopic (exact) mass is 647 g/mol. The summed E-state index contributed by atoms with van der Waals surface area (Å²) in [6.45, 7) is 3.39. The van der Waals surface area contributed by atoms with E-state index in [4.69, 9.17) is 14.2 Å². The van der Waals surface area contributed by atoms with Gasteiger partial charge < -0.3 is 23.3 Å². The normalized spacial score (nSPS) is 14.6. The predicted octanol–water partition coefficient (Wildman–Crippen LogP) is 3.69. The van der Waals surface area contributed by atoms with Crippen molar-refractivity contribution in [1.82, 2.24) is 4.57 Å². The summed E-state index contributed by atoms with van der Waals surface area (Å²) < 4.78 is 22.5. The van der Waals surface area contributed by atoms with Gasteiger partial charge in [0, 0.05) is 30.8 Å². The zero-order chi connectivity index (χ0) is 30.8. The van der Waals surface area contributed by atoms with Gasteiger partial charge in [-0.25, -0.2) is 4.79 Å². The van der Waals surface area contributed by atoms with E-state index in [0.717, 1.165) is 45.7 Å². The maximum Gasteiger partial charge on any atom is 0.363 e. The molecule has 2 aromatic carbocycles. The van der Waals surface area contributed by atoms with Gasteiger partial charge in [0.25, 0.3) is 12.0 Å². The van der Waals surface area contributed by atoms with Crippen LogP contribution in [0.3, 0.4) is 0 Å². The average molecular weight is 648 g/mol. The Morgan fingerprint density at radius 3 is 2.59 bits per heavy atom. The molecule has 0 fully saturated rings. The molecule has 0 aliphatic carbocycles. The van der Waals surface area contributed by atoms with Crippen LogP contribution in [0.2, 0.25) is 0 Å². The molecule has 4 heterocycles. The first kappa shape index (κ1) is 29.6. The first-order valence-electron chi connectivity index (χ1n) is 13.7. The summed E-state index contributed by atoms with van der Waals surface area (Å²) in [4.78, 5) is 40.3. The van der Waals surface area contributed by atoms with Gasteiger partial charge in [0.1, 0.15) is 23.9 Å². The van der Waals surface area contributed by atoms with Crippen molar-refractivity contribution < 1.29 is 28.0 Å². The Bertz CT molecular complexity index is 2000. The first-order chi connectivity index (χ1) is 21.5. The van der Waals surface area contributed by atoms with E-state index in [-0.39, 0.29) is 15.7 Å². The molecule has 0 unspecified atom stereocenters. The predicted molar refractivity (Wildman–Crippen MR) is 170 cm³/mol. The second kappa shape index (κ2) is 12.6. The summed E-state index contributed by atoms with van der Waals surface area (Å²) >= 11 is 5.80. The van der Waals surface area contributed by atoms with E-state index < -0.39 is 23.8 Å². The molecule has 0 saturated carbocycles. The highest BCUT2D eigenvalue weighted by Crippen LogP contribution is 2.50. The second-order valence-corrected chi connectivity index (χ2v) is 12.0. The summed E-state index contributed by atoms with van der Waals surface area (Å²) in [5.41, 5.74) is 4.90. The number of benzene rings is 2. The van der Waals surface area contributed by atoms with E-state index in [2.05, 4.69) is 71.4 Å². The van der Waals surface area contributed by atoms with Crippen LogP contribution in [0.4, 0.5) is 11.4 Å². The Balaban J connectivity index is 1.49. The number of nitrogens with zero attached hydrogens (tertiary/aromatic N) is 3. The van der Waals surface area contributed by atoms with Crippen molar-refractivity contribution in [3.05, 3.63) is 78.0 Å². The van der Waals surface area contributed by atoms with Crippen molar-refractivity contribution in [1.29, 1.82) is 5.26 Å². The first-order valence-corrected chi connectivity index (χ1v) is 15.7. The maximum absolute atomic E-state index is 13.4. The highest BCUT2D eigenvalue weighted by Gasteiger charge is 2.27. The molecule has 0 radical (unpaired) electrons. The van der Waals surface area contributed by atoms with Crippen LogP contribution in [-0.4, -0.2) is 36.8 Å². The Hall–Kier alpha value is -4.51. The molecule has 0 spiro atoms. The molecule has 6 rings (SSSR count). The van der Waals surface area contributed by atoms with Crippen LogP contribution in [0.5, 0.6) is 11.5 Å². The zero-order valence-electron chi connectivity index (χ0n) is 23.4. The summed E-state index contributed by atoms with van der Waals surface area (Å²) in [5.74, 6) is 0.0723. The summed E-state index contributed by atoms with van der Waals surface area (Å²) in [5, 5.41) is 9.60. The van der Waals surface area contributed by atoms with Gasteiger partial charge in [-0.05, 0) is 60.7 Å². The third-order valence-electron chi connectivity index (χ3n) is 7.37. The number of aromatic nitrogens is 1. The fourth-order valence-electron chi connectivity index (χ4n) is 5.45. The molecule has 0 atom stereocenters. The lowest BCUT2D eigenvalue weighted by atomic mass is 10.0. The van der Waals surface area contributed by atoms with E-state index in [9.17, 15) is 19.6 Å². The third-order valence-corrected chi connectivity index (χ3v) is 9.82. The van der Waals surface area contributed by atoms with E-state index in [0.29, 0.717) is 29.6 Å². The standard InChI is InChI=1S/C31H25N3O7S3/c1-2-33-22-6-4-3-5-18(22)7-8-19-13-20(9-10-23(19)33)28-27-26(39-11-12-40-27)24(43-28)14-25-29(36)34(16-38-17-35)30(44-25)21(15-32)31(37)41-42/h3-6,9-10,13-14,17,42H,2,7-8,11-12,16H2,1H3. The van der Waals surface area contributed by atoms with Crippen LogP contribution in [0.1, 0.15) is 22.9 Å². The minimum absolute atomic E-state index is 0.0281. The number of hydrogen-bond donors (Lipinski definition) is 1. The lowest BCUT2D eigenvalue weighted by Gasteiger charge is -2.25. The maximum atomic E-state index is 13.4. The molecule has 0 amide bonds. The SMILES string of the molecule is CCN1c2ccccc2CCc2cc(-c3sc(C=c4sc(=C(C#N)C(=O)OS)n(COC=O)c4=O)c4c3OCCO4)ccc21. The number of carbonyl (C=O) groups excluding carboxylic acids is 2. The molecule has 2 aliphatic rings. The molecule has 0 N–H and O–H groups in total. The number of aryl methyl sites for hydroxylation is 2. The average Bonchev–Trinajstić information content (AvgIpc) is 3.51. The molecule has 224 valence electrons. The number of para-hydroxylation sites is 1. The van der Waals surface area contributed by atoms with E-state index in [1.165, 1.54) is 33.8 Å². The van der Waals surface area contributed by atoms with Crippen molar-refractivity contribution in [2.75, 3.05) is 24.7 Å². The lowest BCUT2D eigenvalue weighted by molar-refractivity contribution is -0.132. The van der Waals surface area contributed by atoms with Gasteiger partial charge in [-0.15, -0.1) is 22.7 Å². The topological polar surface area (TPSA) is 120 Å². The Morgan fingerprint density at radius 2 is 1.84 bits per heavy atom. The molecule has 44 heavy (non-hydrogen) atoms. The summed E-state index contributed by atoms with van der Waals surface area (Å²) in [7, 11) is 0. The van der Waals surface area contributed by atoms with Gasteiger partial charge in [-0.2, -0.15) is 5.26 Å². The molecular weight excluding hydrogens is 623 g/mol.